The highest BCUT2D eigenvalue weighted by Gasteiger charge is 2.21. The van der Waals surface area contributed by atoms with Crippen molar-refractivity contribution in [2.24, 2.45) is 0 Å². The van der Waals surface area contributed by atoms with Gasteiger partial charge < -0.3 is 10.4 Å². The van der Waals surface area contributed by atoms with Gasteiger partial charge in [-0.2, -0.15) is 0 Å². The smallest absolute Gasteiger partial charge is 0.322 e. The van der Waals surface area contributed by atoms with Gasteiger partial charge in [-0.05, 0) is 73.2 Å². The van der Waals surface area contributed by atoms with Gasteiger partial charge in [0.15, 0.2) is 0 Å². The fraction of sp³-hybridized carbons (Fsp3) is 0.333. The predicted molar refractivity (Wildman–Crippen MR) is 146 cm³/mol. The quantitative estimate of drug-likeness (QED) is 0.315. The lowest BCUT2D eigenvalue weighted by atomic mass is 9.96. The molecule has 2 N–H and O–H groups in total. The van der Waals surface area contributed by atoms with Crippen LogP contribution in [0.5, 0.6) is 0 Å². The van der Waals surface area contributed by atoms with Gasteiger partial charge in [0, 0.05) is 28.1 Å². The summed E-state index contributed by atoms with van der Waals surface area (Å²) in [6, 6.07) is 26.4. The molecule has 36 heavy (non-hydrogen) atoms. The van der Waals surface area contributed by atoms with Crippen LogP contribution < -0.4 is 10.2 Å². The molecule has 2 amide bonds. The molecule has 0 atom stereocenters. The van der Waals surface area contributed by atoms with E-state index in [4.69, 9.17) is 5.11 Å². The SMILES string of the molecule is O=C(O)Cc1ccc(Sc2ccc(N(CCCc3ccccc3)C(=O)NC3CCCCC3)cc2)cc1. The minimum absolute atomic E-state index is 0.00983. The Morgan fingerprint density at radius 3 is 2.11 bits per heavy atom. The molecule has 6 heteroatoms. The van der Waals surface area contributed by atoms with Crippen molar-refractivity contribution in [3.05, 3.63) is 90.0 Å². The van der Waals surface area contributed by atoms with Crippen LogP contribution in [0.25, 0.3) is 0 Å². The Morgan fingerprint density at radius 1 is 0.833 bits per heavy atom. The Bertz CT molecular complexity index is 1110. The van der Waals surface area contributed by atoms with E-state index in [1.165, 1.54) is 24.8 Å². The fourth-order valence-electron chi connectivity index (χ4n) is 4.61. The van der Waals surface area contributed by atoms with E-state index in [0.29, 0.717) is 6.54 Å². The molecule has 1 saturated carbocycles. The normalized spacial score (nSPS) is 13.8. The second kappa shape index (κ2) is 13.2. The molecule has 0 heterocycles. The zero-order valence-electron chi connectivity index (χ0n) is 20.6. The van der Waals surface area contributed by atoms with Crippen molar-refractivity contribution in [3.63, 3.8) is 0 Å². The number of nitrogens with one attached hydrogen (secondary N) is 1. The molecule has 5 nitrogen and oxygen atoms in total. The first-order chi connectivity index (χ1) is 17.6. The highest BCUT2D eigenvalue weighted by atomic mass is 32.2. The molecule has 0 aromatic heterocycles. The zero-order valence-corrected chi connectivity index (χ0v) is 21.4. The second-order valence-corrected chi connectivity index (χ2v) is 10.5. The number of rotatable bonds is 10. The topological polar surface area (TPSA) is 69.6 Å². The van der Waals surface area contributed by atoms with Crippen molar-refractivity contribution in [2.75, 3.05) is 11.4 Å². The van der Waals surface area contributed by atoms with Crippen LogP contribution in [0.15, 0.2) is 88.7 Å². The maximum absolute atomic E-state index is 13.3. The first kappa shape index (κ1) is 25.8. The third-order valence-electron chi connectivity index (χ3n) is 6.53. The van der Waals surface area contributed by atoms with Crippen LogP contribution in [0.3, 0.4) is 0 Å². The second-order valence-electron chi connectivity index (χ2n) is 9.34. The van der Waals surface area contributed by atoms with E-state index < -0.39 is 5.97 Å². The third kappa shape index (κ3) is 7.89. The molecule has 0 saturated heterocycles. The maximum atomic E-state index is 13.3. The minimum atomic E-state index is -0.827. The Labute approximate surface area is 217 Å². The summed E-state index contributed by atoms with van der Waals surface area (Å²) in [4.78, 5) is 28.2. The van der Waals surface area contributed by atoms with E-state index in [2.05, 4.69) is 29.6 Å². The molecule has 0 bridgehead atoms. The van der Waals surface area contributed by atoms with Crippen molar-refractivity contribution in [1.29, 1.82) is 0 Å². The van der Waals surface area contributed by atoms with E-state index in [1.54, 1.807) is 11.8 Å². The van der Waals surface area contributed by atoms with Crippen LogP contribution in [-0.4, -0.2) is 29.7 Å². The summed E-state index contributed by atoms with van der Waals surface area (Å²) in [5, 5.41) is 12.2. The molecule has 0 spiro atoms. The molecule has 1 aliphatic rings. The number of benzene rings is 3. The molecule has 3 aromatic rings. The lowest BCUT2D eigenvalue weighted by molar-refractivity contribution is -0.136. The standard InChI is InChI=1S/C30H34N2O3S/c33-29(34)22-24-13-17-27(18-14-24)36-28-19-15-26(16-20-28)32(21-7-10-23-8-3-1-4-9-23)30(35)31-25-11-5-2-6-12-25/h1,3-4,8-9,13-20,25H,2,5-7,10-12,21-22H2,(H,31,35)(H,33,34). The Balaban J connectivity index is 1.41. The summed E-state index contributed by atoms with van der Waals surface area (Å²) in [7, 11) is 0. The van der Waals surface area contributed by atoms with Gasteiger partial charge in [0.2, 0.25) is 0 Å². The first-order valence-electron chi connectivity index (χ1n) is 12.8. The summed E-state index contributed by atoms with van der Waals surface area (Å²) < 4.78 is 0. The lowest BCUT2D eigenvalue weighted by Crippen LogP contribution is -2.46. The number of hydrogen-bond acceptors (Lipinski definition) is 3. The van der Waals surface area contributed by atoms with Crippen LogP contribution in [-0.2, 0) is 17.6 Å². The largest absolute Gasteiger partial charge is 0.481 e. The summed E-state index contributed by atoms with van der Waals surface area (Å²) in [5.41, 5.74) is 2.97. The molecule has 0 aliphatic heterocycles. The number of nitrogens with zero attached hydrogens (tertiary/aromatic N) is 1. The van der Waals surface area contributed by atoms with Gasteiger partial charge in [-0.3, -0.25) is 9.69 Å². The van der Waals surface area contributed by atoms with Crippen molar-refractivity contribution < 1.29 is 14.7 Å². The molecule has 4 rings (SSSR count). The number of anilines is 1. The highest BCUT2D eigenvalue weighted by molar-refractivity contribution is 7.99. The monoisotopic (exact) mass is 502 g/mol. The fourth-order valence-corrected chi connectivity index (χ4v) is 5.43. The van der Waals surface area contributed by atoms with E-state index in [-0.39, 0.29) is 18.5 Å². The first-order valence-corrected chi connectivity index (χ1v) is 13.6. The van der Waals surface area contributed by atoms with Crippen LogP contribution >= 0.6 is 11.8 Å². The van der Waals surface area contributed by atoms with Gasteiger partial charge in [-0.25, -0.2) is 4.79 Å². The van der Waals surface area contributed by atoms with Gasteiger partial charge in [0.1, 0.15) is 0 Å². The summed E-state index contributed by atoms with van der Waals surface area (Å²) in [6.07, 6.45) is 7.59. The van der Waals surface area contributed by atoms with Crippen LogP contribution in [0.4, 0.5) is 10.5 Å². The number of aryl methyl sites for hydroxylation is 1. The molecule has 3 aromatic carbocycles. The van der Waals surface area contributed by atoms with Crippen molar-refractivity contribution in [3.8, 4) is 0 Å². The Hall–Kier alpha value is -3.25. The number of urea groups is 1. The minimum Gasteiger partial charge on any atom is -0.481 e. The average Bonchev–Trinajstić information content (AvgIpc) is 2.89. The van der Waals surface area contributed by atoms with E-state index >= 15 is 0 Å². The molecular formula is C30H34N2O3S. The number of carbonyl (C=O) groups excluding carboxylic acids is 1. The highest BCUT2D eigenvalue weighted by Crippen LogP contribution is 2.30. The van der Waals surface area contributed by atoms with Gasteiger partial charge in [-0.1, -0.05) is 73.5 Å². The average molecular weight is 503 g/mol. The molecule has 1 aliphatic carbocycles. The molecule has 0 unspecified atom stereocenters. The van der Waals surface area contributed by atoms with E-state index in [0.717, 1.165) is 46.7 Å². The molecule has 0 radical (unpaired) electrons. The van der Waals surface area contributed by atoms with Crippen molar-refractivity contribution >= 4 is 29.4 Å². The van der Waals surface area contributed by atoms with Gasteiger partial charge in [0.05, 0.1) is 6.42 Å². The van der Waals surface area contributed by atoms with Crippen LogP contribution in [0.1, 0.15) is 49.7 Å². The van der Waals surface area contributed by atoms with Gasteiger partial charge >= 0.3 is 12.0 Å². The number of carboxylic acids is 1. The van der Waals surface area contributed by atoms with Gasteiger partial charge in [0.25, 0.3) is 0 Å². The van der Waals surface area contributed by atoms with E-state index in [9.17, 15) is 9.59 Å². The number of carboxylic acid groups (broad SMARTS) is 1. The molecular weight excluding hydrogens is 468 g/mol. The Morgan fingerprint density at radius 2 is 1.47 bits per heavy atom. The van der Waals surface area contributed by atoms with Crippen molar-refractivity contribution in [1.82, 2.24) is 5.32 Å². The summed E-state index contributed by atoms with van der Waals surface area (Å²) in [5.74, 6) is -0.827. The van der Waals surface area contributed by atoms with E-state index in [1.807, 2.05) is 59.5 Å². The number of aliphatic carboxylic acids is 1. The van der Waals surface area contributed by atoms with Crippen molar-refractivity contribution in [2.45, 2.75) is 67.2 Å². The maximum Gasteiger partial charge on any atom is 0.322 e. The Kier molecular flexibility index (Phi) is 9.45. The van der Waals surface area contributed by atoms with Crippen LogP contribution in [0.2, 0.25) is 0 Å². The summed E-state index contributed by atoms with van der Waals surface area (Å²) in [6.45, 7) is 0.658. The third-order valence-corrected chi connectivity index (χ3v) is 7.55. The lowest BCUT2D eigenvalue weighted by Gasteiger charge is -2.28. The molecule has 1 fully saturated rings. The van der Waals surface area contributed by atoms with Crippen LogP contribution in [0, 0.1) is 0 Å². The number of hydrogen-bond donors (Lipinski definition) is 2. The number of carbonyl (C=O) groups is 2. The summed E-state index contributed by atoms with van der Waals surface area (Å²) >= 11 is 1.62. The van der Waals surface area contributed by atoms with Gasteiger partial charge in [-0.15, -0.1) is 0 Å². The predicted octanol–water partition coefficient (Wildman–Crippen LogP) is 6.95. The number of amides is 2. The zero-order chi connectivity index (χ0) is 25.2. The molecule has 188 valence electrons.